The monoisotopic (exact) mass is 702 g/mol. The van der Waals surface area contributed by atoms with E-state index >= 15 is 0 Å². The highest BCUT2D eigenvalue weighted by Crippen LogP contribution is 2.37. The number of hydrogen-bond donors (Lipinski definition) is 2. The largest absolute Gasteiger partial charge is 0.478 e. The van der Waals surface area contributed by atoms with Crippen LogP contribution in [0.1, 0.15) is 81.7 Å². The van der Waals surface area contributed by atoms with Crippen molar-refractivity contribution in [1.82, 2.24) is 4.98 Å². The minimum atomic E-state index is -5.02. The minimum absolute atomic E-state index is 0.00945. The van der Waals surface area contributed by atoms with Gasteiger partial charge in [0.05, 0.1) is 22.4 Å². The van der Waals surface area contributed by atoms with Crippen LogP contribution in [0.3, 0.4) is 0 Å². The van der Waals surface area contributed by atoms with Crippen LogP contribution in [-0.4, -0.2) is 16.1 Å². The zero-order chi connectivity index (χ0) is 36.1. The van der Waals surface area contributed by atoms with Crippen LogP contribution in [0, 0.1) is 13.8 Å². The molecule has 0 spiro atoms. The summed E-state index contributed by atoms with van der Waals surface area (Å²) in [5.74, 6) is 0.0914. The Morgan fingerprint density at radius 1 is 0.898 bits per heavy atom. The number of nitrogens with zero attached hydrogens (tertiary/aromatic N) is 1. The first-order valence-corrected chi connectivity index (χ1v) is 15.5. The molecule has 0 aliphatic carbocycles. The first-order chi connectivity index (χ1) is 23.0. The van der Waals surface area contributed by atoms with E-state index in [9.17, 15) is 36.2 Å². The molecule has 0 saturated carbocycles. The zero-order valence-electron chi connectivity index (χ0n) is 27.0. The van der Waals surface area contributed by atoms with Crippen molar-refractivity contribution in [2.45, 2.75) is 59.4 Å². The zero-order valence-corrected chi connectivity index (χ0v) is 27.7. The van der Waals surface area contributed by atoms with Gasteiger partial charge in [-0.1, -0.05) is 49.2 Å². The Hall–Kier alpha value is -4.77. The second kappa shape index (κ2) is 15.2. The Morgan fingerprint density at radius 2 is 1.49 bits per heavy atom. The van der Waals surface area contributed by atoms with Crippen molar-refractivity contribution in [2.75, 3.05) is 5.32 Å². The molecule has 0 fully saturated rings. The van der Waals surface area contributed by atoms with Gasteiger partial charge in [-0.25, -0.2) is 9.78 Å². The van der Waals surface area contributed by atoms with Crippen LogP contribution in [0.5, 0.6) is 11.5 Å². The van der Waals surface area contributed by atoms with E-state index in [0.29, 0.717) is 46.2 Å². The molecule has 0 saturated heterocycles. The smallest absolute Gasteiger partial charge is 0.416 e. The maximum atomic E-state index is 13.4. The van der Waals surface area contributed by atoms with Gasteiger partial charge in [0.2, 0.25) is 0 Å². The third-order valence-electron chi connectivity index (χ3n) is 7.49. The highest BCUT2D eigenvalue weighted by Gasteiger charge is 2.36. The number of unbranched alkanes of at least 4 members (excludes halogenated alkanes) is 1. The van der Waals surface area contributed by atoms with Crippen LogP contribution in [0.4, 0.5) is 32.2 Å². The predicted octanol–water partition coefficient (Wildman–Crippen LogP) is 11.9. The average molecular weight is 703 g/mol. The van der Waals surface area contributed by atoms with E-state index in [1.165, 1.54) is 12.1 Å². The summed E-state index contributed by atoms with van der Waals surface area (Å²) in [4.78, 5) is 17.0. The van der Waals surface area contributed by atoms with E-state index in [4.69, 9.17) is 16.3 Å². The molecule has 0 unspecified atom stereocenters. The number of carbonyl (C=O) groups is 1. The van der Waals surface area contributed by atoms with Gasteiger partial charge < -0.3 is 15.2 Å². The summed E-state index contributed by atoms with van der Waals surface area (Å²) in [5.41, 5.74) is 0.0420. The fraction of sp³-hybridized carbons (Fsp3) is 0.243. The lowest BCUT2D eigenvalue weighted by atomic mass is 9.98. The second-order valence-electron chi connectivity index (χ2n) is 11.4. The summed E-state index contributed by atoms with van der Waals surface area (Å²) >= 11 is 6.26. The number of ether oxygens (including phenoxy) is 1. The highest BCUT2D eigenvalue weighted by atomic mass is 35.5. The SMILES string of the molecule is CCCC=C(C)c1c(C(=O)O)cc(C=Cc2cc(C(F)(F)F)cc(C(F)(F)F)c2)nc1NCc1ccc(Oc2cc(C)c(Cl)c(C)c2)cc1. The molecule has 0 amide bonds. The van der Waals surface area contributed by atoms with Gasteiger partial charge in [-0.05, 0) is 110 Å². The Balaban J connectivity index is 1.68. The fourth-order valence-electron chi connectivity index (χ4n) is 5.03. The maximum absolute atomic E-state index is 13.4. The molecule has 4 aromatic rings. The van der Waals surface area contributed by atoms with Crippen molar-refractivity contribution >= 4 is 41.1 Å². The van der Waals surface area contributed by atoms with Crippen molar-refractivity contribution in [3.63, 3.8) is 0 Å². The molecule has 12 heteroatoms. The maximum Gasteiger partial charge on any atom is 0.416 e. The van der Waals surface area contributed by atoms with E-state index in [2.05, 4.69) is 10.3 Å². The molecule has 0 atom stereocenters. The van der Waals surface area contributed by atoms with Crippen molar-refractivity contribution in [2.24, 2.45) is 0 Å². The number of halogens is 7. The van der Waals surface area contributed by atoms with Gasteiger partial charge in [0.1, 0.15) is 17.3 Å². The number of benzene rings is 3. The van der Waals surface area contributed by atoms with Crippen LogP contribution in [0.15, 0.2) is 66.7 Å². The molecule has 0 aliphatic rings. The summed E-state index contributed by atoms with van der Waals surface area (Å²) < 4.78 is 86.4. The molecular weight excluding hydrogens is 670 g/mol. The Kier molecular flexibility index (Phi) is 11.5. The first kappa shape index (κ1) is 37.1. The summed E-state index contributed by atoms with van der Waals surface area (Å²) in [5, 5.41) is 14.0. The molecule has 3 aromatic carbocycles. The van der Waals surface area contributed by atoms with E-state index < -0.39 is 29.4 Å². The molecule has 1 aromatic heterocycles. The molecule has 0 radical (unpaired) electrons. The molecule has 2 N–H and O–H groups in total. The normalized spacial score (nSPS) is 12.4. The molecule has 49 heavy (non-hydrogen) atoms. The molecule has 0 aliphatic heterocycles. The number of anilines is 1. The topological polar surface area (TPSA) is 71.5 Å². The predicted molar refractivity (Wildman–Crippen MR) is 180 cm³/mol. The van der Waals surface area contributed by atoms with Gasteiger partial charge in [0, 0.05) is 17.1 Å². The number of alkyl halides is 6. The van der Waals surface area contributed by atoms with Crippen LogP contribution in [0.2, 0.25) is 5.02 Å². The minimum Gasteiger partial charge on any atom is -0.478 e. The molecule has 258 valence electrons. The van der Waals surface area contributed by atoms with Gasteiger partial charge >= 0.3 is 18.3 Å². The number of nitrogens with one attached hydrogen (secondary N) is 1. The molecule has 5 nitrogen and oxygen atoms in total. The third kappa shape index (κ3) is 9.66. The van der Waals surface area contributed by atoms with E-state index in [0.717, 1.165) is 29.2 Å². The lowest BCUT2D eigenvalue weighted by molar-refractivity contribution is -0.143. The lowest BCUT2D eigenvalue weighted by Gasteiger charge is -2.16. The van der Waals surface area contributed by atoms with Gasteiger partial charge in [0.25, 0.3) is 0 Å². The van der Waals surface area contributed by atoms with Crippen molar-refractivity contribution < 1.29 is 41.0 Å². The number of allylic oxidation sites excluding steroid dienone is 2. The van der Waals surface area contributed by atoms with Crippen LogP contribution >= 0.6 is 11.6 Å². The van der Waals surface area contributed by atoms with Crippen LogP contribution < -0.4 is 10.1 Å². The van der Waals surface area contributed by atoms with Crippen molar-refractivity contribution in [1.29, 1.82) is 0 Å². The molecule has 1 heterocycles. The number of aromatic carboxylic acids is 1. The van der Waals surface area contributed by atoms with Gasteiger partial charge in [-0.15, -0.1) is 0 Å². The Labute approximate surface area is 284 Å². The summed E-state index contributed by atoms with van der Waals surface area (Å²) in [6, 6.07) is 13.2. The summed E-state index contributed by atoms with van der Waals surface area (Å²) in [6.07, 6.45) is -4.49. The molecular formula is C37H33ClF6N2O3. The van der Waals surface area contributed by atoms with E-state index in [1.807, 2.05) is 51.1 Å². The Bertz CT molecular complexity index is 1840. The quantitative estimate of drug-likeness (QED) is 0.152. The summed E-state index contributed by atoms with van der Waals surface area (Å²) in [7, 11) is 0. The number of aryl methyl sites for hydroxylation is 2. The fourth-order valence-corrected chi connectivity index (χ4v) is 5.14. The Morgan fingerprint density at radius 3 is 2.02 bits per heavy atom. The van der Waals surface area contributed by atoms with Crippen molar-refractivity contribution in [3.05, 3.63) is 122 Å². The number of carboxylic acid groups (broad SMARTS) is 1. The van der Waals surface area contributed by atoms with Gasteiger partial charge in [0.15, 0.2) is 0 Å². The molecule has 4 rings (SSSR count). The summed E-state index contributed by atoms with van der Waals surface area (Å²) in [6.45, 7) is 7.68. The lowest BCUT2D eigenvalue weighted by Crippen LogP contribution is -2.11. The molecule has 0 bridgehead atoms. The first-order valence-electron chi connectivity index (χ1n) is 15.2. The third-order valence-corrected chi connectivity index (χ3v) is 8.08. The second-order valence-corrected chi connectivity index (χ2v) is 11.8. The standard InChI is InChI=1S/C37H33ClF6N2O3/c1-5-6-7-21(2)32-31(35(47)48)19-28(11-8-25-16-26(36(39,40)41)18-27(17-25)37(42,43)44)46-34(32)45-20-24-9-12-29(13-10-24)49-30-14-22(3)33(38)23(4)15-30/h7-19H,5-6,20H2,1-4H3,(H,45,46)(H,47,48). The number of hydrogen-bond acceptors (Lipinski definition) is 4. The highest BCUT2D eigenvalue weighted by molar-refractivity contribution is 6.32. The average Bonchev–Trinajstić information content (AvgIpc) is 3.03. The van der Waals surface area contributed by atoms with E-state index in [1.54, 1.807) is 19.1 Å². The van der Waals surface area contributed by atoms with Gasteiger partial charge in [-0.2, -0.15) is 26.3 Å². The number of aromatic nitrogens is 1. The van der Waals surface area contributed by atoms with E-state index in [-0.39, 0.29) is 35.2 Å². The van der Waals surface area contributed by atoms with Crippen LogP contribution in [0.25, 0.3) is 17.7 Å². The number of pyridine rings is 1. The number of rotatable bonds is 11. The van der Waals surface area contributed by atoms with Crippen LogP contribution in [-0.2, 0) is 18.9 Å². The van der Waals surface area contributed by atoms with Gasteiger partial charge in [-0.3, -0.25) is 0 Å². The van der Waals surface area contributed by atoms with Crippen molar-refractivity contribution in [3.8, 4) is 11.5 Å². The number of carboxylic acids is 1.